The molecule has 1 aliphatic rings. The maximum absolute atomic E-state index is 12.3. The van der Waals surface area contributed by atoms with Crippen molar-refractivity contribution in [1.29, 1.82) is 0 Å². The minimum Gasteiger partial charge on any atom is -0.363 e. The molecule has 0 aromatic carbocycles. The third kappa shape index (κ3) is 2.59. The van der Waals surface area contributed by atoms with Gasteiger partial charge in [0.05, 0.1) is 0 Å². The van der Waals surface area contributed by atoms with Gasteiger partial charge < -0.3 is 15.1 Å². The number of hydrogen-bond donors (Lipinski definition) is 1. The van der Waals surface area contributed by atoms with E-state index in [1.165, 1.54) is 11.3 Å². The fraction of sp³-hybridized carbons (Fsp3) is 0.455. The molecule has 7 nitrogen and oxygen atoms in total. The maximum atomic E-state index is 12.3. The summed E-state index contributed by atoms with van der Waals surface area (Å²) >= 11 is 2.91. The molecule has 1 fully saturated rings. The Labute approximate surface area is 124 Å². The Morgan fingerprint density at radius 1 is 1.30 bits per heavy atom. The van der Waals surface area contributed by atoms with Crippen molar-refractivity contribution in [2.75, 3.05) is 43.4 Å². The van der Waals surface area contributed by atoms with Crippen LogP contribution in [0.5, 0.6) is 0 Å². The van der Waals surface area contributed by atoms with Gasteiger partial charge in [-0.25, -0.2) is 4.98 Å². The van der Waals surface area contributed by atoms with Gasteiger partial charge in [0.25, 0.3) is 5.91 Å². The smallest absolute Gasteiger partial charge is 0.285 e. The number of carbonyl (C=O) groups excluding carboxylic acids is 1. The molecule has 2 aromatic rings. The molecule has 1 N–H and O–H groups in total. The summed E-state index contributed by atoms with van der Waals surface area (Å²) in [6, 6.07) is 0. The first-order valence-electron chi connectivity index (χ1n) is 6.23. The van der Waals surface area contributed by atoms with Gasteiger partial charge in [-0.3, -0.25) is 4.79 Å². The van der Waals surface area contributed by atoms with Crippen LogP contribution in [0.25, 0.3) is 0 Å². The third-order valence-electron chi connectivity index (χ3n) is 3.08. The van der Waals surface area contributed by atoms with Crippen LogP contribution >= 0.6 is 22.7 Å². The van der Waals surface area contributed by atoms with E-state index in [1.54, 1.807) is 24.6 Å². The van der Waals surface area contributed by atoms with Crippen molar-refractivity contribution >= 4 is 38.8 Å². The highest BCUT2D eigenvalue weighted by atomic mass is 32.1. The molecule has 1 amide bonds. The van der Waals surface area contributed by atoms with E-state index in [0.717, 1.165) is 18.2 Å². The molecular formula is C11H14N6OS2. The van der Waals surface area contributed by atoms with Crippen LogP contribution in [0, 0.1) is 0 Å². The first-order valence-corrected chi connectivity index (χ1v) is 7.92. The molecule has 3 heterocycles. The predicted octanol–water partition coefficient (Wildman–Crippen LogP) is 0.999. The summed E-state index contributed by atoms with van der Waals surface area (Å²) in [7, 11) is 1.77. The van der Waals surface area contributed by atoms with E-state index in [4.69, 9.17) is 0 Å². The third-order valence-corrected chi connectivity index (χ3v) is 4.84. The van der Waals surface area contributed by atoms with Crippen LogP contribution in [0.15, 0.2) is 11.6 Å². The molecule has 106 valence electrons. The lowest BCUT2D eigenvalue weighted by Gasteiger charge is -2.34. The van der Waals surface area contributed by atoms with Crippen molar-refractivity contribution < 1.29 is 4.79 Å². The van der Waals surface area contributed by atoms with Crippen molar-refractivity contribution in [2.45, 2.75) is 0 Å². The number of aromatic nitrogens is 3. The molecular weight excluding hydrogens is 296 g/mol. The van der Waals surface area contributed by atoms with Gasteiger partial charge in [-0.05, 0) is 0 Å². The van der Waals surface area contributed by atoms with E-state index >= 15 is 0 Å². The fourth-order valence-corrected chi connectivity index (χ4v) is 3.38. The first kappa shape index (κ1) is 13.3. The van der Waals surface area contributed by atoms with Crippen LogP contribution in [0.4, 0.5) is 10.3 Å². The zero-order valence-corrected chi connectivity index (χ0v) is 12.6. The lowest BCUT2D eigenvalue weighted by Crippen LogP contribution is -2.48. The van der Waals surface area contributed by atoms with E-state index in [-0.39, 0.29) is 5.91 Å². The highest BCUT2D eigenvalue weighted by Crippen LogP contribution is 2.21. The molecule has 0 atom stereocenters. The Morgan fingerprint density at radius 3 is 2.70 bits per heavy atom. The Kier molecular flexibility index (Phi) is 3.79. The van der Waals surface area contributed by atoms with Crippen molar-refractivity contribution in [3.63, 3.8) is 0 Å². The van der Waals surface area contributed by atoms with Gasteiger partial charge in [0.1, 0.15) is 0 Å². The summed E-state index contributed by atoms with van der Waals surface area (Å²) in [6.07, 6.45) is 1.80. The number of thiazole rings is 1. The predicted molar refractivity (Wildman–Crippen MR) is 79.7 cm³/mol. The fourth-order valence-electron chi connectivity index (χ4n) is 2.02. The highest BCUT2D eigenvalue weighted by molar-refractivity contribution is 7.17. The largest absolute Gasteiger partial charge is 0.363 e. The standard InChI is InChI=1S/C11H14N6OS2/c1-12-10-15-14-8(20-10)9(18)16-3-5-17(6-4-16)11-13-2-7-19-11/h2,7H,3-6H2,1H3,(H,12,15). The second-order valence-corrected chi connectivity index (χ2v) is 6.11. The van der Waals surface area contributed by atoms with Gasteiger partial charge in [0.15, 0.2) is 5.13 Å². The summed E-state index contributed by atoms with van der Waals surface area (Å²) < 4.78 is 0. The summed E-state index contributed by atoms with van der Waals surface area (Å²) in [4.78, 5) is 20.6. The van der Waals surface area contributed by atoms with Gasteiger partial charge in [-0.15, -0.1) is 21.5 Å². The molecule has 0 radical (unpaired) electrons. The van der Waals surface area contributed by atoms with Crippen LogP contribution in [0.2, 0.25) is 0 Å². The minimum atomic E-state index is -0.0391. The van der Waals surface area contributed by atoms with E-state index < -0.39 is 0 Å². The van der Waals surface area contributed by atoms with Gasteiger partial charge in [0, 0.05) is 44.8 Å². The molecule has 1 aliphatic heterocycles. The average molecular weight is 310 g/mol. The van der Waals surface area contributed by atoms with Crippen molar-refractivity contribution in [1.82, 2.24) is 20.1 Å². The van der Waals surface area contributed by atoms with Crippen LogP contribution < -0.4 is 10.2 Å². The number of nitrogens with zero attached hydrogens (tertiary/aromatic N) is 5. The average Bonchev–Trinajstić information content (AvgIpc) is 3.18. The Hall–Kier alpha value is -1.74. The first-order chi connectivity index (χ1) is 9.78. The monoisotopic (exact) mass is 310 g/mol. The quantitative estimate of drug-likeness (QED) is 0.911. The van der Waals surface area contributed by atoms with Crippen LogP contribution in [0.1, 0.15) is 9.80 Å². The molecule has 0 aliphatic carbocycles. The van der Waals surface area contributed by atoms with E-state index in [0.29, 0.717) is 23.2 Å². The number of nitrogens with one attached hydrogen (secondary N) is 1. The summed E-state index contributed by atoms with van der Waals surface area (Å²) in [5, 5.41) is 14.8. The zero-order chi connectivity index (χ0) is 13.9. The highest BCUT2D eigenvalue weighted by Gasteiger charge is 2.25. The second kappa shape index (κ2) is 5.71. The SMILES string of the molecule is CNc1nnc(C(=O)N2CCN(c3nccs3)CC2)s1. The molecule has 0 saturated carbocycles. The van der Waals surface area contributed by atoms with E-state index in [2.05, 4.69) is 25.4 Å². The van der Waals surface area contributed by atoms with Gasteiger partial charge in [-0.2, -0.15) is 0 Å². The van der Waals surface area contributed by atoms with E-state index in [1.807, 2.05) is 10.3 Å². The molecule has 0 spiro atoms. The van der Waals surface area contributed by atoms with Gasteiger partial charge in [-0.1, -0.05) is 11.3 Å². The van der Waals surface area contributed by atoms with Crippen LogP contribution in [0.3, 0.4) is 0 Å². The number of rotatable bonds is 3. The summed E-state index contributed by atoms with van der Waals surface area (Å²) in [6.45, 7) is 2.98. The molecule has 3 rings (SSSR count). The number of carbonyl (C=O) groups is 1. The minimum absolute atomic E-state index is 0.0391. The topological polar surface area (TPSA) is 74.2 Å². The van der Waals surface area contributed by atoms with Gasteiger partial charge >= 0.3 is 0 Å². The lowest BCUT2D eigenvalue weighted by atomic mass is 10.3. The Bertz CT molecular complexity index is 576. The Balaban J connectivity index is 1.61. The normalized spacial score (nSPS) is 15.4. The van der Waals surface area contributed by atoms with Crippen molar-refractivity contribution in [3.05, 3.63) is 16.6 Å². The Morgan fingerprint density at radius 2 is 2.10 bits per heavy atom. The van der Waals surface area contributed by atoms with Crippen LogP contribution in [-0.2, 0) is 0 Å². The molecule has 0 bridgehead atoms. The molecule has 20 heavy (non-hydrogen) atoms. The number of hydrogen-bond acceptors (Lipinski definition) is 8. The van der Waals surface area contributed by atoms with Crippen molar-refractivity contribution in [3.8, 4) is 0 Å². The lowest BCUT2D eigenvalue weighted by molar-refractivity contribution is 0.0745. The summed E-state index contributed by atoms with van der Waals surface area (Å²) in [5.74, 6) is -0.0391. The van der Waals surface area contributed by atoms with Crippen LogP contribution in [-0.4, -0.2) is 59.2 Å². The molecule has 2 aromatic heterocycles. The molecule has 9 heteroatoms. The van der Waals surface area contributed by atoms with Crippen molar-refractivity contribution in [2.24, 2.45) is 0 Å². The molecule has 1 saturated heterocycles. The second-order valence-electron chi connectivity index (χ2n) is 4.26. The zero-order valence-electron chi connectivity index (χ0n) is 10.9. The number of anilines is 2. The molecule has 0 unspecified atom stereocenters. The summed E-state index contributed by atoms with van der Waals surface area (Å²) in [5.41, 5.74) is 0. The number of piperazine rings is 1. The maximum Gasteiger partial charge on any atom is 0.285 e. The van der Waals surface area contributed by atoms with E-state index in [9.17, 15) is 4.79 Å². The van der Waals surface area contributed by atoms with Gasteiger partial charge in [0.2, 0.25) is 10.1 Å². The number of amides is 1.